The number of hydrogen-bond donors (Lipinski definition) is 2. The molecule has 7 heteroatoms. The Morgan fingerprint density at radius 1 is 0.744 bits per heavy atom. The molecule has 196 valence electrons. The monoisotopic (exact) mass is 520 g/mol. The van der Waals surface area contributed by atoms with Crippen LogP contribution in [-0.2, 0) is 22.6 Å². The molecule has 0 radical (unpaired) electrons. The lowest BCUT2D eigenvalue weighted by Gasteiger charge is -2.21. The summed E-state index contributed by atoms with van der Waals surface area (Å²) in [5.41, 5.74) is 6.64. The lowest BCUT2D eigenvalue weighted by molar-refractivity contribution is -0.137. The summed E-state index contributed by atoms with van der Waals surface area (Å²) in [5, 5.41) is 12.1. The molecule has 0 aromatic heterocycles. The minimum atomic E-state index is -1.08. The smallest absolute Gasteiger partial charge is 0.407 e. The minimum Gasteiger partial charge on any atom is -0.480 e. The van der Waals surface area contributed by atoms with Crippen LogP contribution in [0.2, 0.25) is 0 Å². The van der Waals surface area contributed by atoms with Crippen LogP contribution in [0.4, 0.5) is 4.79 Å². The van der Waals surface area contributed by atoms with Gasteiger partial charge in [-0.1, -0.05) is 91.0 Å². The number of carboxylic acids is 1. The third kappa shape index (κ3) is 5.99. The van der Waals surface area contributed by atoms with E-state index >= 15 is 0 Å². The van der Waals surface area contributed by atoms with Crippen molar-refractivity contribution in [2.75, 3.05) is 13.2 Å². The van der Waals surface area contributed by atoms with E-state index < -0.39 is 18.6 Å². The lowest BCUT2D eigenvalue weighted by atomic mass is 9.98. The van der Waals surface area contributed by atoms with Gasteiger partial charge in [0.1, 0.15) is 13.2 Å². The van der Waals surface area contributed by atoms with E-state index in [4.69, 9.17) is 4.74 Å². The van der Waals surface area contributed by atoms with E-state index in [1.807, 2.05) is 54.6 Å². The molecule has 0 saturated carbocycles. The van der Waals surface area contributed by atoms with Gasteiger partial charge in [0.2, 0.25) is 0 Å². The van der Waals surface area contributed by atoms with Crippen LogP contribution in [0.15, 0.2) is 103 Å². The average molecular weight is 521 g/mol. The van der Waals surface area contributed by atoms with Crippen LogP contribution >= 0.6 is 0 Å². The lowest BCUT2D eigenvalue weighted by Crippen LogP contribution is -2.35. The van der Waals surface area contributed by atoms with Crippen molar-refractivity contribution in [1.82, 2.24) is 10.2 Å². The highest BCUT2D eigenvalue weighted by molar-refractivity contribution is 5.95. The van der Waals surface area contributed by atoms with Crippen LogP contribution < -0.4 is 5.32 Å². The second-order valence-electron chi connectivity index (χ2n) is 9.42. The molecule has 0 aliphatic heterocycles. The topological polar surface area (TPSA) is 95.9 Å². The van der Waals surface area contributed by atoms with Crippen LogP contribution in [0.5, 0.6) is 0 Å². The Balaban J connectivity index is 1.16. The first-order valence-corrected chi connectivity index (χ1v) is 12.7. The van der Waals surface area contributed by atoms with E-state index in [1.165, 1.54) is 16.0 Å². The fourth-order valence-electron chi connectivity index (χ4n) is 4.94. The molecule has 0 fully saturated rings. The first-order chi connectivity index (χ1) is 19.0. The molecule has 0 saturated heterocycles. The van der Waals surface area contributed by atoms with Crippen molar-refractivity contribution >= 4 is 18.0 Å². The maximum absolute atomic E-state index is 13.0. The van der Waals surface area contributed by atoms with Gasteiger partial charge in [-0.3, -0.25) is 9.59 Å². The van der Waals surface area contributed by atoms with Gasteiger partial charge < -0.3 is 20.1 Å². The van der Waals surface area contributed by atoms with Gasteiger partial charge in [0.25, 0.3) is 5.91 Å². The number of carbonyl (C=O) groups excluding carboxylic acids is 2. The zero-order chi connectivity index (χ0) is 27.2. The summed E-state index contributed by atoms with van der Waals surface area (Å²) in [6.07, 6.45) is -0.521. The predicted octanol–water partition coefficient (Wildman–Crippen LogP) is 5.45. The summed E-state index contributed by atoms with van der Waals surface area (Å²) in [6.45, 7) is 0.248. The predicted molar refractivity (Wildman–Crippen MR) is 147 cm³/mol. The molecular formula is C32H28N2O5. The fraction of sp³-hybridized carbons (Fsp3) is 0.156. The van der Waals surface area contributed by atoms with Crippen molar-refractivity contribution in [2.45, 2.75) is 19.0 Å². The summed E-state index contributed by atoms with van der Waals surface area (Å²) in [7, 11) is 0. The Bertz CT molecular complexity index is 1440. The summed E-state index contributed by atoms with van der Waals surface area (Å²) >= 11 is 0. The van der Waals surface area contributed by atoms with Crippen LogP contribution in [0.1, 0.15) is 38.5 Å². The highest BCUT2D eigenvalue weighted by Crippen LogP contribution is 2.44. The number of carboxylic acid groups (broad SMARTS) is 1. The molecule has 0 atom stereocenters. The number of fused-ring (bicyclic) bond motifs is 3. The normalized spacial score (nSPS) is 11.8. The van der Waals surface area contributed by atoms with Crippen molar-refractivity contribution in [3.8, 4) is 11.1 Å². The summed E-state index contributed by atoms with van der Waals surface area (Å²) in [6, 6.07) is 32.3. The van der Waals surface area contributed by atoms with Crippen molar-refractivity contribution in [3.63, 3.8) is 0 Å². The first kappa shape index (κ1) is 25.7. The van der Waals surface area contributed by atoms with Crippen LogP contribution in [0.25, 0.3) is 11.1 Å². The van der Waals surface area contributed by atoms with Crippen LogP contribution in [-0.4, -0.2) is 41.1 Å². The SMILES string of the molecule is O=C(O)CN(Cc1ccccc1)C(=O)c1ccc(CNC(=O)OCC2c3ccccc3-c3ccccc32)cc1. The standard InChI is InChI=1S/C32H28N2O5/c35-30(36)20-34(19-23-8-2-1-3-9-23)31(37)24-16-14-22(15-17-24)18-33-32(38)39-21-29-27-12-6-4-10-25(27)26-11-5-7-13-28(26)29/h1-17,29H,18-21H2,(H,33,38)(H,35,36). The van der Waals surface area contributed by atoms with E-state index in [1.54, 1.807) is 24.3 Å². The van der Waals surface area contributed by atoms with Gasteiger partial charge in [-0.15, -0.1) is 0 Å². The van der Waals surface area contributed by atoms with Gasteiger partial charge in [0, 0.05) is 24.6 Å². The second-order valence-corrected chi connectivity index (χ2v) is 9.42. The molecule has 4 aromatic rings. The Kier molecular flexibility index (Phi) is 7.68. The summed E-state index contributed by atoms with van der Waals surface area (Å²) in [5.74, 6) is -1.47. The minimum absolute atomic E-state index is 0.0157. The molecular weight excluding hydrogens is 492 g/mol. The molecule has 4 aromatic carbocycles. The number of aliphatic carboxylic acids is 1. The molecule has 0 bridgehead atoms. The van der Waals surface area contributed by atoms with E-state index in [2.05, 4.69) is 29.6 Å². The molecule has 2 amide bonds. The molecule has 0 heterocycles. The maximum Gasteiger partial charge on any atom is 0.407 e. The molecule has 39 heavy (non-hydrogen) atoms. The fourth-order valence-corrected chi connectivity index (χ4v) is 4.94. The maximum atomic E-state index is 13.0. The summed E-state index contributed by atoms with van der Waals surface area (Å²) < 4.78 is 5.58. The molecule has 7 nitrogen and oxygen atoms in total. The number of alkyl carbamates (subject to hydrolysis) is 1. The number of hydrogen-bond acceptors (Lipinski definition) is 4. The van der Waals surface area contributed by atoms with Crippen molar-refractivity contribution < 1.29 is 24.2 Å². The highest BCUT2D eigenvalue weighted by Gasteiger charge is 2.29. The van der Waals surface area contributed by atoms with E-state index in [-0.39, 0.29) is 31.5 Å². The summed E-state index contributed by atoms with van der Waals surface area (Å²) in [4.78, 5) is 38.2. The van der Waals surface area contributed by atoms with Gasteiger partial charge in [-0.05, 0) is 45.5 Å². The van der Waals surface area contributed by atoms with E-state index in [0.717, 1.165) is 22.3 Å². The van der Waals surface area contributed by atoms with Gasteiger partial charge in [-0.25, -0.2) is 4.79 Å². The number of carbonyl (C=O) groups is 3. The van der Waals surface area contributed by atoms with Crippen LogP contribution in [0, 0.1) is 0 Å². The zero-order valence-electron chi connectivity index (χ0n) is 21.2. The number of ether oxygens (including phenoxy) is 1. The molecule has 2 N–H and O–H groups in total. The third-order valence-corrected chi connectivity index (χ3v) is 6.81. The average Bonchev–Trinajstić information content (AvgIpc) is 3.28. The second kappa shape index (κ2) is 11.6. The molecule has 5 rings (SSSR count). The van der Waals surface area contributed by atoms with Gasteiger partial charge in [0.15, 0.2) is 0 Å². The Morgan fingerprint density at radius 2 is 1.33 bits per heavy atom. The first-order valence-electron chi connectivity index (χ1n) is 12.7. The Morgan fingerprint density at radius 3 is 1.95 bits per heavy atom. The van der Waals surface area contributed by atoms with Gasteiger partial charge in [-0.2, -0.15) is 0 Å². The number of nitrogens with one attached hydrogen (secondary N) is 1. The molecule has 0 unspecified atom stereocenters. The Hall–Kier alpha value is -4.91. The van der Waals surface area contributed by atoms with E-state index in [0.29, 0.717) is 5.56 Å². The van der Waals surface area contributed by atoms with Crippen LogP contribution in [0.3, 0.4) is 0 Å². The van der Waals surface area contributed by atoms with Crippen molar-refractivity contribution in [1.29, 1.82) is 0 Å². The van der Waals surface area contributed by atoms with E-state index in [9.17, 15) is 19.5 Å². The largest absolute Gasteiger partial charge is 0.480 e. The number of benzene rings is 4. The highest BCUT2D eigenvalue weighted by atomic mass is 16.5. The molecule has 0 spiro atoms. The number of amides is 2. The Labute approximate surface area is 226 Å². The quantitative estimate of drug-likeness (QED) is 0.306. The number of nitrogens with zero attached hydrogens (tertiary/aromatic N) is 1. The van der Waals surface area contributed by atoms with Crippen molar-refractivity contribution in [2.24, 2.45) is 0 Å². The van der Waals surface area contributed by atoms with Gasteiger partial charge in [0.05, 0.1) is 0 Å². The third-order valence-electron chi connectivity index (χ3n) is 6.81. The molecule has 1 aliphatic rings. The zero-order valence-corrected chi connectivity index (χ0v) is 21.2. The number of rotatable bonds is 9. The molecule has 1 aliphatic carbocycles. The van der Waals surface area contributed by atoms with Gasteiger partial charge >= 0.3 is 12.1 Å². The van der Waals surface area contributed by atoms with Crippen molar-refractivity contribution in [3.05, 3.63) is 131 Å².